The van der Waals surface area contributed by atoms with E-state index in [1.54, 1.807) is 0 Å². The van der Waals surface area contributed by atoms with Crippen molar-refractivity contribution in [2.75, 3.05) is 11.9 Å². The Morgan fingerprint density at radius 1 is 1.15 bits per heavy atom. The topological polar surface area (TPSA) is 38.3 Å². The van der Waals surface area contributed by atoms with Gasteiger partial charge in [0.05, 0.1) is 5.69 Å². The highest BCUT2D eigenvalue weighted by atomic mass is 32.2. The molecule has 0 atom stereocenters. The van der Waals surface area contributed by atoms with E-state index >= 15 is 0 Å². The molecular formula is C10H7F6NO2S. The summed E-state index contributed by atoms with van der Waals surface area (Å²) in [4.78, 5) is 10.7. The third kappa shape index (κ3) is 6.55. The van der Waals surface area contributed by atoms with E-state index in [2.05, 4.69) is 4.74 Å². The maximum Gasteiger partial charge on any atom is 0.446 e. The largest absolute Gasteiger partial charge is 0.446 e. The fourth-order valence-corrected chi connectivity index (χ4v) is 1.70. The summed E-state index contributed by atoms with van der Waals surface area (Å²) in [5, 5.41) is 1.82. The third-order valence-electron chi connectivity index (χ3n) is 1.72. The molecule has 0 aliphatic heterocycles. The molecule has 0 radical (unpaired) electrons. The number of anilines is 1. The van der Waals surface area contributed by atoms with Gasteiger partial charge in [-0.1, -0.05) is 12.1 Å². The highest BCUT2D eigenvalue weighted by Crippen LogP contribution is 2.40. The van der Waals surface area contributed by atoms with Crippen molar-refractivity contribution in [3.8, 4) is 0 Å². The maximum absolute atomic E-state index is 12.2. The van der Waals surface area contributed by atoms with E-state index in [-0.39, 0.29) is 10.6 Å². The molecule has 0 spiro atoms. The Morgan fingerprint density at radius 2 is 1.75 bits per heavy atom. The van der Waals surface area contributed by atoms with Crippen molar-refractivity contribution in [3.63, 3.8) is 0 Å². The van der Waals surface area contributed by atoms with Gasteiger partial charge in [-0.25, -0.2) is 4.79 Å². The number of carbonyl (C=O) groups is 1. The molecule has 3 nitrogen and oxygen atoms in total. The smallest absolute Gasteiger partial charge is 0.440 e. The van der Waals surface area contributed by atoms with E-state index in [4.69, 9.17) is 0 Å². The first-order valence-electron chi connectivity index (χ1n) is 4.92. The number of nitrogens with one attached hydrogen (secondary N) is 1. The van der Waals surface area contributed by atoms with Crippen molar-refractivity contribution < 1.29 is 35.9 Å². The molecule has 0 aromatic heterocycles. The number of ether oxygens (including phenoxy) is 1. The second-order valence-corrected chi connectivity index (χ2v) is 4.47. The van der Waals surface area contributed by atoms with E-state index in [0.717, 1.165) is 12.1 Å². The molecule has 1 N–H and O–H groups in total. The summed E-state index contributed by atoms with van der Waals surface area (Å²) in [5.41, 5.74) is -4.88. The minimum absolute atomic E-state index is 0.290. The Balaban J connectivity index is 2.70. The van der Waals surface area contributed by atoms with Crippen LogP contribution in [0.2, 0.25) is 0 Å². The lowest BCUT2D eigenvalue weighted by Gasteiger charge is -2.13. The summed E-state index contributed by atoms with van der Waals surface area (Å²) in [7, 11) is 0. The molecule has 0 heterocycles. The van der Waals surface area contributed by atoms with E-state index < -0.39 is 36.1 Å². The molecule has 0 aliphatic carbocycles. The first-order chi connectivity index (χ1) is 9.07. The van der Waals surface area contributed by atoms with Crippen LogP contribution in [0.15, 0.2) is 29.2 Å². The summed E-state index contributed by atoms with van der Waals surface area (Å²) in [6.45, 7) is -1.83. The van der Waals surface area contributed by atoms with Gasteiger partial charge in [-0.2, -0.15) is 26.3 Å². The van der Waals surface area contributed by atoms with Crippen LogP contribution in [-0.2, 0) is 4.74 Å². The molecule has 0 saturated carbocycles. The number of carbonyl (C=O) groups excluding carboxylic acids is 1. The van der Waals surface area contributed by atoms with Crippen LogP contribution in [0.4, 0.5) is 36.8 Å². The van der Waals surface area contributed by atoms with Crippen molar-refractivity contribution in [1.29, 1.82) is 0 Å². The Labute approximate surface area is 113 Å². The van der Waals surface area contributed by atoms with Gasteiger partial charge in [0.1, 0.15) is 0 Å². The SMILES string of the molecule is O=C(Nc1ccccc1SC(F)(F)F)OCC(F)(F)F. The molecule has 1 rings (SSSR count). The number of hydrogen-bond acceptors (Lipinski definition) is 3. The summed E-state index contributed by atoms with van der Waals surface area (Å²) in [5.74, 6) is 0. The summed E-state index contributed by atoms with van der Waals surface area (Å²) >= 11 is -0.500. The van der Waals surface area contributed by atoms with E-state index in [1.807, 2.05) is 5.32 Å². The van der Waals surface area contributed by atoms with Gasteiger partial charge in [-0.05, 0) is 23.9 Å². The zero-order chi connectivity index (χ0) is 15.4. The first kappa shape index (κ1) is 16.5. The van der Waals surface area contributed by atoms with Crippen LogP contribution in [0.25, 0.3) is 0 Å². The Bertz CT molecular complexity index is 474. The van der Waals surface area contributed by atoms with Crippen LogP contribution in [0.3, 0.4) is 0 Å². The van der Waals surface area contributed by atoms with Gasteiger partial charge in [0.25, 0.3) is 0 Å². The predicted molar refractivity (Wildman–Crippen MR) is 59.4 cm³/mol. The fourth-order valence-electron chi connectivity index (χ4n) is 1.08. The van der Waals surface area contributed by atoms with Crippen molar-refractivity contribution in [3.05, 3.63) is 24.3 Å². The second-order valence-electron chi connectivity index (χ2n) is 3.36. The number of halogens is 6. The van der Waals surface area contributed by atoms with E-state index in [1.165, 1.54) is 12.1 Å². The molecule has 0 bridgehead atoms. The quantitative estimate of drug-likeness (QED) is 0.662. The van der Waals surface area contributed by atoms with E-state index in [0.29, 0.717) is 0 Å². The summed E-state index contributed by atoms with van der Waals surface area (Å²) in [6, 6.07) is 4.79. The molecule has 1 aromatic rings. The Morgan fingerprint density at radius 3 is 2.30 bits per heavy atom. The average molecular weight is 319 g/mol. The second kappa shape index (κ2) is 6.25. The van der Waals surface area contributed by atoms with Crippen molar-refractivity contribution in [1.82, 2.24) is 0 Å². The minimum atomic E-state index is -4.71. The molecule has 112 valence electrons. The maximum atomic E-state index is 12.2. The summed E-state index contributed by atoms with van der Waals surface area (Å²) < 4.78 is 75.9. The lowest BCUT2D eigenvalue weighted by molar-refractivity contribution is -0.159. The van der Waals surface area contributed by atoms with Crippen molar-refractivity contribution in [2.24, 2.45) is 0 Å². The molecule has 0 saturated heterocycles. The molecule has 20 heavy (non-hydrogen) atoms. The third-order valence-corrected chi connectivity index (χ3v) is 2.52. The zero-order valence-electron chi connectivity index (χ0n) is 9.51. The number of para-hydroxylation sites is 1. The van der Waals surface area contributed by atoms with Crippen LogP contribution in [0.5, 0.6) is 0 Å². The van der Waals surface area contributed by atoms with Crippen LogP contribution >= 0.6 is 11.8 Å². The Hall–Kier alpha value is -1.58. The molecule has 10 heteroatoms. The van der Waals surface area contributed by atoms with Crippen molar-refractivity contribution >= 4 is 23.5 Å². The zero-order valence-corrected chi connectivity index (χ0v) is 10.3. The van der Waals surface area contributed by atoms with Gasteiger partial charge in [0, 0.05) is 4.90 Å². The predicted octanol–water partition coefficient (Wildman–Crippen LogP) is 4.41. The fraction of sp³-hybridized carbons (Fsp3) is 0.300. The number of alkyl halides is 6. The van der Waals surface area contributed by atoms with Gasteiger partial charge in [0.15, 0.2) is 6.61 Å². The lowest BCUT2D eigenvalue weighted by atomic mass is 10.3. The number of benzene rings is 1. The van der Waals surface area contributed by atoms with Gasteiger partial charge in [-0.15, -0.1) is 0 Å². The van der Waals surface area contributed by atoms with Gasteiger partial charge in [0.2, 0.25) is 0 Å². The van der Waals surface area contributed by atoms with Crippen LogP contribution in [-0.4, -0.2) is 24.4 Å². The number of rotatable bonds is 3. The molecule has 0 aliphatic rings. The van der Waals surface area contributed by atoms with Crippen LogP contribution in [0, 0.1) is 0 Å². The highest BCUT2D eigenvalue weighted by Gasteiger charge is 2.31. The standard InChI is InChI=1S/C10H7F6NO2S/c11-9(12,13)5-19-8(18)17-6-3-1-2-4-7(6)20-10(14,15)16/h1-4H,5H2,(H,17,18). The first-order valence-corrected chi connectivity index (χ1v) is 5.74. The lowest BCUT2D eigenvalue weighted by Crippen LogP contribution is -2.23. The normalized spacial score (nSPS) is 12.1. The van der Waals surface area contributed by atoms with Crippen LogP contribution in [0.1, 0.15) is 0 Å². The molecule has 0 unspecified atom stereocenters. The van der Waals surface area contributed by atoms with Gasteiger partial charge < -0.3 is 4.74 Å². The van der Waals surface area contributed by atoms with Gasteiger partial charge >= 0.3 is 17.8 Å². The number of hydrogen-bond donors (Lipinski definition) is 1. The molecule has 1 amide bonds. The minimum Gasteiger partial charge on any atom is -0.440 e. The number of amides is 1. The average Bonchev–Trinajstić information content (AvgIpc) is 2.26. The molecule has 0 fully saturated rings. The van der Waals surface area contributed by atoms with E-state index in [9.17, 15) is 31.1 Å². The Kier molecular flexibility index (Phi) is 5.15. The van der Waals surface area contributed by atoms with Crippen LogP contribution < -0.4 is 5.32 Å². The van der Waals surface area contributed by atoms with Crippen molar-refractivity contribution in [2.45, 2.75) is 16.6 Å². The monoisotopic (exact) mass is 319 g/mol. The molecule has 1 aromatic carbocycles. The number of thioether (sulfide) groups is 1. The highest BCUT2D eigenvalue weighted by molar-refractivity contribution is 8.00. The summed E-state index contributed by atoms with van der Waals surface area (Å²) in [6.07, 6.45) is -6.20. The molecular weight excluding hydrogens is 312 g/mol. The van der Waals surface area contributed by atoms with Gasteiger partial charge in [-0.3, -0.25) is 5.32 Å².